The van der Waals surface area contributed by atoms with Crippen molar-refractivity contribution < 1.29 is 4.74 Å². The molecule has 0 bridgehead atoms. The van der Waals surface area contributed by atoms with Crippen molar-refractivity contribution in [3.63, 3.8) is 0 Å². The zero-order chi connectivity index (χ0) is 19.8. The average Bonchev–Trinajstić information content (AvgIpc) is 2.73. The van der Waals surface area contributed by atoms with E-state index in [1.54, 1.807) is 7.11 Å². The summed E-state index contributed by atoms with van der Waals surface area (Å²) in [6.07, 6.45) is 10.7. The lowest BCUT2D eigenvalue weighted by Gasteiger charge is -2.29. The van der Waals surface area contributed by atoms with Gasteiger partial charge in [0.2, 0.25) is 5.95 Å². The van der Waals surface area contributed by atoms with Gasteiger partial charge in [-0.15, -0.1) is 0 Å². The summed E-state index contributed by atoms with van der Waals surface area (Å²) in [5.41, 5.74) is 1.11. The molecule has 3 rings (SSSR count). The summed E-state index contributed by atoms with van der Waals surface area (Å²) in [7, 11) is 5.69. The highest BCUT2D eigenvalue weighted by atomic mass is 16.5. The Hall–Kier alpha value is -2.60. The van der Waals surface area contributed by atoms with Gasteiger partial charge < -0.3 is 20.3 Å². The number of rotatable bonds is 8. The fourth-order valence-corrected chi connectivity index (χ4v) is 3.52. The van der Waals surface area contributed by atoms with Crippen LogP contribution in [0.5, 0.6) is 5.75 Å². The number of nitrogens with zero attached hydrogens (tertiary/aromatic N) is 3. The molecule has 6 heteroatoms. The van der Waals surface area contributed by atoms with Crippen LogP contribution in [0.1, 0.15) is 31.2 Å². The van der Waals surface area contributed by atoms with Gasteiger partial charge in [0.25, 0.3) is 0 Å². The summed E-state index contributed by atoms with van der Waals surface area (Å²) in [6.45, 7) is 0.870. The predicted octanol–water partition coefficient (Wildman–Crippen LogP) is 3.58. The fraction of sp³-hybridized carbons (Fsp3) is 0.455. The number of methoxy groups -OCH3 is 1. The third kappa shape index (κ3) is 5.70. The van der Waals surface area contributed by atoms with E-state index in [1.807, 2.05) is 49.5 Å². The molecule has 150 valence electrons. The van der Waals surface area contributed by atoms with E-state index < -0.39 is 0 Å². The molecule has 0 unspecified atom stereocenters. The minimum Gasteiger partial charge on any atom is -0.496 e. The maximum Gasteiger partial charge on any atom is 0.224 e. The Kier molecular flexibility index (Phi) is 7.25. The number of hydrogen-bond donors (Lipinski definition) is 2. The molecule has 1 aliphatic rings. The molecule has 1 heterocycles. The van der Waals surface area contributed by atoms with Crippen LogP contribution in [0.3, 0.4) is 0 Å². The van der Waals surface area contributed by atoms with Crippen LogP contribution in [-0.4, -0.2) is 49.8 Å². The number of benzene rings is 1. The second-order valence-electron chi connectivity index (χ2n) is 7.38. The summed E-state index contributed by atoms with van der Waals surface area (Å²) in [5, 5.41) is 7.14. The Bertz CT molecular complexity index is 769. The second kappa shape index (κ2) is 10.1. The Balaban J connectivity index is 1.41. The number of ether oxygens (including phenoxy) is 1. The molecule has 1 aromatic heterocycles. The van der Waals surface area contributed by atoms with Gasteiger partial charge in [0, 0.05) is 44.5 Å². The van der Waals surface area contributed by atoms with Crippen molar-refractivity contribution in [2.24, 2.45) is 0 Å². The van der Waals surface area contributed by atoms with Crippen LogP contribution in [0.4, 0.5) is 11.8 Å². The van der Waals surface area contributed by atoms with Crippen molar-refractivity contribution in [1.29, 1.82) is 0 Å². The number of anilines is 2. The molecule has 1 fully saturated rings. The van der Waals surface area contributed by atoms with Gasteiger partial charge in [-0.3, -0.25) is 0 Å². The van der Waals surface area contributed by atoms with E-state index in [4.69, 9.17) is 4.74 Å². The van der Waals surface area contributed by atoms with E-state index >= 15 is 0 Å². The first-order chi connectivity index (χ1) is 13.7. The number of hydrogen-bond acceptors (Lipinski definition) is 6. The van der Waals surface area contributed by atoms with Gasteiger partial charge >= 0.3 is 0 Å². The summed E-state index contributed by atoms with van der Waals surface area (Å²) in [5.74, 6) is 2.56. The number of para-hydroxylation sites is 1. The zero-order valence-electron chi connectivity index (χ0n) is 17.1. The summed E-state index contributed by atoms with van der Waals surface area (Å²) in [4.78, 5) is 10.9. The zero-order valence-corrected chi connectivity index (χ0v) is 17.1. The van der Waals surface area contributed by atoms with Crippen molar-refractivity contribution in [2.75, 3.05) is 38.0 Å². The third-order valence-electron chi connectivity index (χ3n) is 5.12. The smallest absolute Gasteiger partial charge is 0.224 e. The Morgan fingerprint density at radius 2 is 1.86 bits per heavy atom. The average molecular weight is 382 g/mol. The molecule has 0 atom stereocenters. The first kappa shape index (κ1) is 20.1. The molecular formula is C22H31N5O. The van der Waals surface area contributed by atoms with Crippen LogP contribution in [0.15, 0.2) is 42.6 Å². The van der Waals surface area contributed by atoms with Crippen molar-refractivity contribution in [3.05, 3.63) is 48.2 Å². The second-order valence-corrected chi connectivity index (χ2v) is 7.38. The quantitative estimate of drug-likeness (QED) is 0.729. The van der Waals surface area contributed by atoms with Crippen LogP contribution in [0.25, 0.3) is 6.08 Å². The Labute approximate surface area is 168 Å². The van der Waals surface area contributed by atoms with Crippen LogP contribution in [-0.2, 0) is 0 Å². The summed E-state index contributed by atoms with van der Waals surface area (Å²) >= 11 is 0. The van der Waals surface area contributed by atoms with Crippen LogP contribution in [0.2, 0.25) is 0 Å². The minimum atomic E-state index is 0.444. The normalized spacial score (nSPS) is 19.5. The van der Waals surface area contributed by atoms with Crippen LogP contribution < -0.4 is 20.3 Å². The van der Waals surface area contributed by atoms with Gasteiger partial charge in [-0.1, -0.05) is 30.4 Å². The fourth-order valence-electron chi connectivity index (χ4n) is 3.52. The van der Waals surface area contributed by atoms with E-state index in [2.05, 4.69) is 38.8 Å². The summed E-state index contributed by atoms with van der Waals surface area (Å²) in [6, 6.07) is 11.0. The van der Waals surface area contributed by atoms with E-state index in [0.29, 0.717) is 12.1 Å². The highest BCUT2D eigenvalue weighted by Crippen LogP contribution is 2.22. The van der Waals surface area contributed by atoms with Gasteiger partial charge in [0.05, 0.1) is 7.11 Å². The monoisotopic (exact) mass is 381 g/mol. The van der Waals surface area contributed by atoms with Gasteiger partial charge in [-0.05, 0) is 37.8 Å². The first-order valence-corrected chi connectivity index (χ1v) is 9.95. The molecule has 0 amide bonds. The topological polar surface area (TPSA) is 62.3 Å². The molecule has 0 saturated heterocycles. The van der Waals surface area contributed by atoms with E-state index in [0.717, 1.165) is 55.3 Å². The lowest BCUT2D eigenvalue weighted by Crippen LogP contribution is -2.37. The van der Waals surface area contributed by atoms with Gasteiger partial charge in [-0.2, -0.15) is 4.98 Å². The van der Waals surface area contributed by atoms with Gasteiger partial charge in [-0.25, -0.2) is 4.98 Å². The predicted molar refractivity (Wildman–Crippen MR) is 116 cm³/mol. The lowest BCUT2D eigenvalue weighted by molar-refractivity contribution is 0.363. The molecule has 1 aromatic carbocycles. The maximum absolute atomic E-state index is 5.38. The molecule has 6 nitrogen and oxygen atoms in total. The molecular weight excluding hydrogens is 350 g/mol. The number of aromatic nitrogens is 2. The highest BCUT2D eigenvalue weighted by molar-refractivity contribution is 5.57. The molecule has 0 radical (unpaired) electrons. The van der Waals surface area contributed by atoms with E-state index in [1.165, 1.54) is 0 Å². The van der Waals surface area contributed by atoms with Gasteiger partial charge in [0.15, 0.2) is 0 Å². The van der Waals surface area contributed by atoms with Crippen molar-refractivity contribution >= 4 is 17.8 Å². The van der Waals surface area contributed by atoms with Gasteiger partial charge in [0.1, 0.15) is 11.6 Å². The largest absolute Gasteiger partial charge is 0.496 e. The minimum absolute atomic E-state index is 0.444. The molecule has 1 aliphatic carbocycles. The molecule has 2 aromatic rings. The highest BCUT2D eigenvalue weighted by Gasteiger charge is 2.21. The van der Waals surface area contributed by atoms with Crippen molar-refractivity contribution in [3.8, 4) is 5.75 Å². The Morgan fingerprint density at radius 3 is 2.61 bits per heavy atom. The lowest BCUT2D eigenvalue weighted by atomic mass is 9.91. The first-order valence-electron chi connectivity index (χ1n) is 9.95. The molecule has 2 N–H and O–H groups in total. The van der Waals surface area contributed by atoms with Crippen molar-refractivity contribution in [1.82, 2.24) is 15.3 Å². The molecule has 0 aliphatic heterocycles. The SMILES string of the molecule is COc1ccccc1C=CCNC1CCC(Nc2nccc(N(C)C)n2)CC1. The van der Waals surface area contributed by atoms with Crippen LogP contribution >= 0.6 is 0 Å². The maximum atomic E-state index is 5.38. The summed E-state index contributed by atoms with van der Waals surface area (Å²) < 4.78 is 5.38. The van der Waals surface area contributed by atoms with Crippen molar-refractivity contribution in [2.45, 2.75) is 37.8 Å². The van der Waals surface area contributed by atoms with Crippen LogP contribution in [0, 0.1) is 0 Å². The molecule has 1 saturated carbocycles. The molecule has 0 spiro atoms. The Morgan fingerprint density at radius 1 is 1.11 bits per heavy atom. The standard InChI is InChI=1S/C22H31N5O/c1-27(2)21-14-16-24-22(26-21)25-19-12-10-18(11-13-19)23-15-6-8-17-7-4-5-9-20(17)28-3/h4-9,14,16,18-19,23H,10-13,15H2,1-3H3,(H,24,25,26). The molecule has 28 heavy (non-hydrogen) atoms. The third-order valence-corrected chi connectivity index (χ3v) is 5.12. The van der Waals surface area contributed by atoms with E-state index in [-0.39, 0.29) is 0 Å². The van der Waals surface area contributed by atoms with E-state index in [9.17, 15) is 0 Å². The number of nitrogens with one attached hydrogen (secondary N) is 2.